The highest BCUT2D eigenvalue weighted by atomic mass is 16.1. The third-order valence-electron chi connectivity index (χ3n) is 3.94. The Labute approximate surface area is 123 Å². The summed E-state index contributed by atoms with van der Waals surface area (Å²) >= 11 is 0. The zero-order valence-corrected chi connectivity index (χ0v) is 12.0. The van der Waals surface area contributed by atoms with Gasteiger partial charge in [-0.2, -0.15) is 0 Å². The van der Waals surface area contributed by atoms with Crippen LogP contribution in [0.1, 0.15) is 11.1 Å². The zero-order valence-electron chi connectivity index (χ0n) is 12.0. The van der Waals surface area contributed by atoms with Crippen molar-refractivity contribution in [1.29, 1.82) is 0 Å². The van der Waals surface area contributed by atoms with Gasteiger partial charge in [-0.1, -0.05) is 24.3 Å². The highest BCUT2D eigenvalue weighted by molar-refractivity contribution is 5.62. The van der Waals surface area contributed by atoms with Crippen LogP contribution in [0.3, 0.4) is 0 Å². The molecule has 1 aliphatic heterocycles. The molecule has 1 aromatic heterocycles. The van der Waals surface area contributed by atoms with Gasteiger partial charge in [-0.05, 0) is 24.6 Å². The van der Waals surface area contributed by atoms with E-state index in [1.54, 1.807) is 0 Å². The third-order valence-corrected chi connectivity index (χ3v) is 3.94. The predicted octanol–water partition coefficient (Wildman–Crippen LogP) is 0.503. The third kappa shape index (κ3) is 2.50. The first kappa shape index (κ1) is 13.6. The molecule has 3 rings (SSSR count). The number of benzene rings is 1. The molecule has 1 atom stereocenters. The number of rotatable bonds is 3. The monoisotopic (exact) mass is 285 g/mol. The first-order valence-electron chi connectivity index (χ1n) is 7.02. The van der Waals surface area contributed by atoms with Gasteiger partial charge in [-0.25, -0.2) is 4.98 Å². The van der Waals surface area contributed by atoms with Crippen LogP contribution in [0.2, 0.25) is 0 Å². The first-order valence-corrected chi connectivity index (χ1v) is 7.02. The van der Waals surface area contributed by atoms with E-state index in [0.717, 1.165) is 13.0 Å². The van der Waals surface area contributed by atoms with Gasteiger partial charge < -0.3 is 20.9 Å². The number of nitrogens with two attached hydrogens (primary N) is 1. The molecule has 0 radical (unpaired) electrons. The fourth-order valence-electron chi connectivity index (χ4n) is 2.88. The maximum absolute atomic E-state index is 11.7. The number of hydrogen-bond acceptors (Lipinski definition) is 5. The van der Waals surface area contributed by atoms with Crippen LogP contribution in [0, 0.1) is 0 Å². The summed E-state index contributed by atoms with van der Waals surface area (Å²) < 4.78 is 0. The molecule has 1 aliphatic rings. The van der Waals surface area contributed by atoms with E-state index >= 15 is 0 Å². The average molecular weight is 285 g/mol. The molecule has 2 heterocycles. The second kappa shape index (κ2) is 5.57. The number of fused-ring (bicyclic) bond motifs is 1. The van der Waals surface area contributed by atoms with Crippen molar-refractivity contribution in [2.45, 2.75) is 19.0 Å². The number of nitrogens with one attached hydrogen (secondary N) is 2. The minimum atomic E-state index is -0.290. The molecular formula is C15H19N5O. The Hall–Kier alpha value is -2.34. The molecule has 6 heteroatoms. The van der Waals surface area contributed by atoms with Gasteiger partial charge in [-0.3, -0.25) is 4.79 Å². The molecule has 0 aliphatic carbocycles. The number of nitrogen functional groups attached to an aromatic ring is 1. The lowest BCUT2D eigenvalue weighted by Crippen LogP contribution is -2.47. The van der Waals surface area contributed by atoms with E-state index in [2.05, 4.69) is 38.4 Å². The predicted molar refractivity (Wildman–Crippen MR) is 83.3 cm³/mol. The second-order valence-electron chi connectivity index (χ2n) is 5.28. The molecule has 0 bridgehead atoms. The minimum absolute atomic E-state index is 0.179. The van der Waals surface area contributed by atoms with Gasteiger partial charge in [0.15, 0.2) is 5.82 Å². The molecule has 1 aromatic carbocycles. The summed E-state index contributed by atoms with van der Waals surface area (Å²) in [5.41, 5.74) is 8.41. The minimum Gasteiger partial charge on any atom is -0.391 e. The van der Waals surface area contributed by atoms with Crippen LogP contribution >= 0.6 is 0 Å². The van der Waals surface area contributed by atoms with E-state index in [1.807, 2.05) is 13.1 Å². The molecule has 0 saturated heterocycles. The van der Waals surface area contributed by atoms with Crippen LogP contribution in [0.5, 0.6) is 0 Å². The van der Waals surface area contributed by atoms with E-state index in [1.165, 1.54) is 17.5 Å². The van der Waals surface area contributed by atoms with Crippen LogP contribution in [-0.2, 0) is 13.0 Å². The molecular weight excluding hydrogens is 266 g/mol. The summed E-state index contributed by atoms with van der Waals surface area (Å²) in [5.74, 6) is 0.563. The van der Waals surface area contributed by atoms with Crippen LogP contribution < -0.4 is 21.5 Å². The summed E-state index contributed by atoms with van der Waals surface area (Å²) in [6.07, 6.45) is 2.32. The molecule has 2 aromatic rings. The second-order valence-corrected chi connectivity index (χ2v) is 5.28. The van der Waals surface area contributed by atoms with E-state index in [9.17, 15) is 4.79 Å². The first-order chi connectivity index (χ1) is 10.2. The van der Waals surface area contributed by atoms with Crippen molar-refractivity contribution < 1.29 is 0 Å². The summed E-state index contributed by atoms with van der Waals surface area (Å²) in [6, 6.07) is 8.58. The van der Waals surface area contributed by atoms with Crippen molar-refractivity contribution in [3.8, 4) is 0 Å². The maximum Gasteiger partial charge on any atom is 0.276 e. The van der Waals surface area contributed by atoms with E-state index in [0.29, 0.717) is 12.4 Å². The fraction of sp³-hybridized carbons (Fsp3) is 0.333. The normalized spacial score (nSPS) is 17.6. The van der Waals surface area contributed by atoms with Crippen molar-refractivity contribution in [2.24, 2.45) is 0 Å². The number of hydrogen-bond donors (Lipinski definition) is 3. The van der Waals surface area contributed by atoms with Crippen LogP contribution in [-0.4, -0.2) is 29.6 Å². The summed E-state index contributed by atoms with van der Waals surface area (Å²) in [6.45, 7) is 1.52. The van der Waals surface area contributed by atoms with Crippen LogP contribution in [0.4, 0.5) is 11.5 Å². The zero-order chi connectivity index (χ0) is 14.8. The quantitative estimate of drug-likeness (QED) is 0.764. The Bertz CT molecular complexity index is 696. The largest absolute Gasteiger partial charge is 0.391 e. The van der Waals surface area contributed by atoms with Crippen molar-refractivity contribution in [3.05, 3.63) is 52.1 Å². The number of likely N-dealkylation sites (N-methyl/N-ethyl adjacent to an activating group) is 1. The molecule has 0 saturated carbocycles. The van der Waals surface area contributed by atoms with E-state index < -0.39 is 0 Å². The summed E-state index contributed by atoms with van der Waals surface area (Å²) in [4.78, 5) is 20.6. The van der Waals surface area contributed by atoms with Crippen molar-refractivity contribution in [2.75, 3.05) is 24.2 Å². The fourth-order valence-corrected chi connectivity index (χ4v) is 2.88. The summed E-state index contributed by atoms with van der Waals surface area (Å²) in [7, 11) is 1.92. The van der Waals surface area contributed by atoms with Gasteiger partial charge in [0, 0.05) is 19.1 Å². The van der Waals surface area contributed by atoms with Crippen molar-refractivity contribution >= 4 is 11.5 Å². The highest BCUT2D eigenvalue weighted by Crippen LogP contribution is 2.28. The molecule has 0 fully saturated rings. The highest BCUT2D eigenvalue weighted by Gasteiger charge is 2.28. The number of anilines is 2. The van der Waals surface area contributed by atoms with Gasteiger partial charge in [0.25, 0.3) is 5.56 Å². The number of nitrogens with zero attached hydrogens (tertiary/aromatic N) is 2. The Morgan fingerprint density at radius 2 is 2.19 bits per heavy atom. The van der Waals surface area contributed by atoms with E-state index in [4.69, 9.17) is 5.73 Å². The lowest BCUT2D eigenvalue weighted by Gasteiger charge is -2.38. The van der Waals surface area contributed by atoms with Crippen molar-refractivity contribution in [1.82, 2.24) is 15.3 Å². The van der Waals surface area contributed by atoms with Gasteiger partial charge in [0.05, 0.1) is 6.33 Å². The number of aromatic nitrogens is 2. The number of H-pyrrole nitrogens is 1. The van der Waals surface area contributed by atoms with Crippen LogP contribution in [0.25, 0.3) is 0 Å². The van der Waals surface area contributed by atoms with Crippen molar-refractivity contribution in [3.63, 3.8) is 0 Å². The van der Waals surface area contributed by atoms with E-state index in [-0.39, 0.29) is 17.3 Å². The van der Waals surface area contributed by atoms with Gasteiger partial charge in [0.1, 0.15) is 5.69 Å². The summed E-state index contributed by atoms with van der Waals surface area (Å²) in [5, 5.41) is 3.21. The molecule has 21 heavy (non-hydrogen) atoms. The standard InChI is InChI=1S/C15H19N5O/c1-17-7-12-6-10-4-2-3-5-11(10)8-20(12)14-13(16)15(21)19-9-18-14/h2-5,9,12,17H,6-8,16H2,1H3,(H,18,19,21). The molecule has 4 N–H and O–H groups in total. The van der Waals surface area contributed by atoms with Gasteiger partial charge in [-0.15, -0.1) is 0 Å². The topological polar surface area (TPSA) is 87.0 Å². The SMILES string of the molecule is CNCC1Cc2ccccc2CN1c1nc[nH]c(=O)c1N. The Morgan fingerprint density at radius 3 is 2.95 bits per heavy atom. The van der Waals surface area contributed by atoms with Gasteiger partial charge in [0.2, 0.25) is 0 Å². The lowest BCUT2D eigenvalue weighted by atomic mass is 9.94. The smallest absolute Gasteiger partial charge is 0.276 e. The molecule has 0 amide bonds. The molecule has 110 valence electrons. The molecule has 0 spiro atoms. The Kier molecular flexibility index (Phi) is 3.62. The lowest BCUT2D eigenvalue weighted by molar-refractivity contribution is 0.523. The Balaban J connectivity index is 2.03. The Morgan fingerprint density at radius 1 is 1.43 bits per heavy atom. The average Bonchev–Trinajstić information content (AvgIpc) is 2.50. The van der Waals surface area contributed by atoms with Crippen LogP contribution in [0.15, 0.2) is 35.4 Å². The molecule has 6 nitrogen and oxygen atoms in total. The van der Waals surface area contributed by atoms with Gasteiger partial charge >= 0.3 is 0 Å². The maximum atomic E-state index is 11.7. The molecule has 1 unspecified atom stereocenters. The number of aromatic amines is 1.